The van der Waals surface area contributed by atoms with Gasteiger partial charge in [0.25, 0.3) is 0 Å². The molecule has 0 fully saturated rings. The van der Waals surface area contributed by atoms with E-state index in [2.05, 4.69) is 0 Å². The molecular formula is C10H16ClNO2. The van der Waals surface area contributed by atoms with Crippen LogP contribution in [0.4, 0.5) is 0 Å². The van der Waals surface area contributed by atoms with Crippen LogP contribution >= 0.6 is 12.4 Å². The average molecular weight is 218 g/mol. The summed E-state index contributed by atoms with van der Waals surface area (Å²) in [7, 11) is 3.27. The monoisotopic (exact) mass is 217 g/mol. The SMILES string of the molecule is COCC(N)c1ccccc1OC.Cl. The third kappa shape index (κ3) is 3.18. The summed E-state index contributed by atoms with van der Waals surface area (Å²) in [6.07, 6.45) is 0. The molecule has 0 amide bonds. The number of benzene rings is 1. The minimum atomic E-state index is -0.124. The standard InChI is InChI=1S/C10H15NO2.ClH/c1-12-7-9(11)8-5-3-4-6-10(8)13-2;/h3-6,9H,7,11H2,1-2H3;1H. The molecule has 2 N–H and O–H groups in total. The first kappa shape index (κ1) is 13.2. The van der Waals surface area contributed by atoms with Gasteiger partial charge < -0.3 is 15.2 Å². The summed E-state index contributed by atoms with van der Waals surface area (Å²) in [6.45, 7) is 0.500. The van der Waals surface area contributed by atoms with Gasteiger partial charge >= 0.3 is 0 Å². The van der Waals surface area contributed by atoms with Crippen molar-refractivity contribution in [1.29, 1.82) is 0 Å². The molecule has 0 aliphatic heterocycles. The molecule has 0 radical (unpaired) electrons. The molecule has 0 aliphatic rings. The van der Waals surface area contributed by atoms with Gasteiger partial charge in [-0.05, 0) is 6.07 Å². The molecule has 0 aromatic heterocycles. The Bertz CT molecular complexity index is 268. The maximum atomic E-state index is 5.88. The molecule has 80 valence electrons. The summed E-state index contributed by atoms with van der Waals surface area (Å²) in [4.78, 5) is 0. The number of nitrogens with two attached hydrogens (primary N) is 1. The number of para-hydroxylation sites is 1. The lowest BCUT2D eigenvalue weighted by molar-refractivity contribution is 0.179. The predicted molar refractivity (Wildman–Crippen MR) is 59.0 cm³/mol. The summed E-state index contributed by atoms with van der Waals surface area (Å²) >= 11 is 0. The van der Waals surface area contributed by atoms with Gasteiger partial charge in [0, 0.05) is 12.7 Å². The summed E-state index contributed by atoms with van der Waals surface area (Å²) < 4.78 is 10.2. The zero-order valence-corrected chi connectivity index (χ0v) is 9.21. The lowest BCUT2D eigenvalue weighted by atomic mass is 10.1. The van der Waals surface area contributed by atoms with Crippen LogP contribution in [0, 0.1) is 0 Å². The lowest BCUT2D eigenvalue weighted by Crippen LogP contribution is -2.16. The van der Waals surface area contributed by atoms with E-state index in [-0.39, 0.29) is 18.4 Å². The molecule has 0 saturated carbocycles. The molecule has 0 heterocycles. The second-order valence-corrected chi connectivity index (χ2v) is 2.80. The van der Waals surface area contributed by atoms with E-state index in [1.165, 1.54) is 0 Å². The normalized spacial score (nSPS) is 11.6. The first-order valence-electron chi connectivity index (χ1n) is 4.17. The van der Waals surface area contributed by atoms with Gasteiger partial charge in [-0.1, -0.05) is 18.2 Å². The molecule has 0 bridgehead atoms. The molecule has 4 heteroatoms. The smallest absolute Gasteiger partial charge is 0.123 e. The molecule has 1 aromatic rings. The van der Waals surface area contributed by atoms with Gasteiger partial charge in [0.15, 0.2) is 0 Å². The Morgan fingerprint density at radius 3 is 2.50 bits per heavy atom. The highest BCUT2D eigenvalue weighted by atomic mass is 35.5. The molecule has 0 aliphatic carbocycles. The van der Waals surface area contributed by atoms with Gasteiger partial charge in [-0.3, -0.25) is 0 Å². The largest absolute Gasteiger partial charge is 0.496 e. The van der Waals surface area contributed by atoms with Gasteiger partial charge in [-0.2, -0.15) is 0 Å². The first-order chi connectivity index (χ1) is 6.29. The Labute approximate surface area is 90.6 Å². The van der Waals surface area contributed by atoms with Crippen molar-refractivity contribution in [3.8, 4) is 5.75 Å². The minimum absolute atomic E-state index is 0. The number of rotatable bonds is 4. The lowest BCUT2D eigenvalue weighted by Gasteiger charge is -2.14. The van der Waals surface area contributed by atoms with E-state index in [0.29, 0.717) is 6.61 Å². The molecule has 0 spiro atoms. The van der Waals surface area contributed by atoms with E-state index in [9.17, 15) is 0 Å². The number of hydrogen-bond acceptors (Lipinski definition) is 3. The van der Waals surface area contributed by atoms with Crippen LogP contribution in [0.5, 0.6) is 5.75 Å². The zero-order valence-electron chi connectivity index (χ0n) is 8.40. The molecule has 1 unspecified atom stereocenters. The fourth-order valence-corrected chi connectivity index (χ4v) is 1.24. The summed E-state index contributed by atoms with van der Waals surface area (Å²) in [5.74, 6) is 0.812. The second kappa shape index (κ2) is 6.65. The van der Waals surface area contributed by atoms with Gasteiger partial charge in [0.05, 0.1) is 19.8 Å². The van der Waals surface area contributed by atoms with Crippen LogP contribution in [0.15, 0.2) is 24.3 Å². The maximum absolute atomic E-state index is 5.88. The van der Waals surface area contributed by atoms with Crippen molar-refractivity contribution in [2.45, 2.75) is 6.04 Å². The second-order valence-electron chi connectivity index (χ2n) is 2.80. The fourth-order valence-electron chi connectivity index (χ4n) is 1.24. The van der Waals surface area contributed by atoms with Crippen LogP contribution < -0.4 is 10.5 Å². The van der Waals surface area contributed by atoms with Crippen molar-refractivity contribution in [2.24, 2.45) is 5.73 Å². The Kier molecular flexibility index (Phi) is 6.28. The van der Waals surface area contributed by atoms with Crippen molar-refractivity contribution in [2.75, 3.05) is 20.8 Å². The molecule has 1 rings (SSSR count). The minimum Gasteiger partial charge on any atom is -0.496 e. The molecule has 3 nitrogen and oxygen atoms in total. The molecule has 14 heavy (non-hydrogen) atoms. The van der Waals surface area contributed by atoms with E-state index in [1.807, 2.05) is 24.3 Å². The van der Waals surface area contributed by atoms with Gasteiger partial charge in [0.1, 0.15) is 5.75 Å². The molecule has 0 saturated heterocycles. The quantitative estimate of drug-likeness (QED) is 0.836. The Balaban J connectivity index is 0.00000169. The topological polar surface area (TPSA) is 44.5 Å². The van der Waals surface area contributed by atoms with Crippen molar-refractivity contribution in [1.82, 2.24) is 0 Å². The van der Waals surface area contributed by atoms with Crippen LogP contribution in [-0.4, -0.2) is 20.8 Å². The van der Waals surface area contributed by atoms with E-state index < -0.39 is 0 Å². The number of methoxy groups -OCH3 is 2. The maximum Gasteiger partial charge on any atom is 0.123 e. The summed E-state index contributed by atoms with van der Waals surface area (Å²) in [6, 6.07) is 7.57. The highest BCUT2D eigenvalue weighted by Gasteiger charge is 2.09. The third-order valence-electron chi connectivity index (χ3n) is 1.88. The van der Waals surface area contributed by atoms with E-state index in [1.54, 1.807) is 14.2 Å². The Morgan fingerprint density at radius 1 is 1.29 bits per heavy atom. The van der Waals surface area contributed by atoms with Crippen molar-refractivity contribution >= 4 is 12.4 Å². The Morgan fingerprint density at radius 2 is 1.93 bits per heavy atom. The first-order valence-corrected chi connectivity index (χ1v) is 4.17. The van der Waals surface area contributed by atoms with E-state index in [4.69, 9.17) is 15.2 Å². The number of hydrogen-bond donors (Lipinski definition) is 1. The highest BCUT2D eigenvalue weighted by Crippen LogP contribution is 2.22. The predicted octanol–water partition coefficient (Wildman–Crippen LogP) is 1.76. The van der Waals surface area contributed by atoms with Crippen molar-refractivity contribution in [3.05, 3.63) is 29.8 Å². The van der Waals surface area contributed by atoms with Gasteiger partial charge in [-0.25, -0.2) is 0 Å². The molecular weight excluding hydrogens is 202 g/mol. The van der Waals surface area contributed by atoms with Crippen molar-refractivity contribution < 1.29 is 9.47 Å². The summed E-state index contributed by atoms with van der Waals surface area (Å²) in [5.41, 5.74) is 6.86. The van der Waals surface area contributed by atoms with E-state index in [0.717, 1.165) is 11.3 Å². The van der Waals surface area contributed by atoms with Gasteiger partial charge in [0.2, 0.25) is 0 Å². The molecule has 1 aromatic carbocycles. The average Bonchev–Trinajstić information content (AvgIpc) is 2.18. The van der Waals surface area contributed by atoms with Gasteiger partial charge in [-0.15, -0.1) is 12.4 Å². The molecule has 1 atom stereocenters. The van der Waals surface area contributed by atoms with Crippen molar-refractivity contribution in [3.63, 3.8) is 0 Å². The fraction of sp³-hybridized carbons (Fsp3) is 0.400. The highest BCUT2D eigenvalue weighted by molar-refractivity contribution is 5.85. The zero-order chi connectivity index (χ0) is 9.68. The van der Waals surface area contributed by atoms with Crippen LogP contribution in [0.1, 0.15) is 11.6 Å². The Hall–Kier alpha value is -0.770. The summed E-state index contributed by atoms with van der Waals surface area (Å²) in [5, 5.41) is 0. The number of halogens is 1. The van der Waals surface area contributed by atoms with E-state index >= 15 is 0 Å². The van der Waals surface area contributed by atoms with Crippen LogP contribution in [-0.2, 0) is 4.74 Å². The van der Waals surface area contributed by atoms with Crippen LogP contribution in [0.25, 0.3) is 0 Å². The van der Waals surface area contributed by atoms with Crippen LogP contribution in [0.3, 0.4) is 0 Å². The third-order valence-corrected chi connectivity index (χ3v) is 1.88. The van der Waals surface area contributed by atoms with Crippen LogP contribution in [0.2, 0.25) is 0 Å². The number of ether oxygens (including phenoxy) is 2.